The van der Waals surface area contributed by atoms with E-state index in [1.54, 1.807) is 13.2 Å². The number of hydrogen-bond donors (Lipinski definition) is 1. The van der Waals surface area contributed by atoms with Gasteiger partial charge in [-0.25, -0.2) is 0 Å². The average molecular weight is 347 g/mol. The minimum Gasteiger partial charge on any atom is -0.497 e. The first-order valence-corrected chi connectivity index (χ1v) is 8.22. The van der Waals surface area contributed by atoms with E-state index in [-0.39, 0.29) is 11.8 Å². The number of hydrogen-bond acceptors (Lipinski definition) is 5. The summed E-state index contributed by atoms with van der Waals surface area (Å²) in [5.41, 5.74) is 0.768. The molecule has 1 saturated heterocycles. The van der Waals surface area contributed by atoms with E-state index >= 15 is 0 Å². The highest BCUT2D eigenvalue weighted by Gasteiger charge is 2.26. The van der Waals surface area contributed by atoms with E-state index in [4.69, 9.17) is 16.3 Å². The van der Waals surface area contributed by atoms with E-state index < -0.39 is 0 Å². The van der Waals surface area contributed by atoms with Gasteiger partial charge in [0, 0.05) is 18.8 Å². The summed E-state index contributed by atoms with van der Waals surface area (Å²) in [5, 5.41) is 11.3. The van der Waals surface area contributed by atoms with E-state index in [1.807, 2.05) is 30.3 Å². The van der Waals surface area contributed by atoms with Gasteiger partial charge in [0.1, 0.15) is 5.75 Å². The van der Waals surface area contributed by atoms with Crippen molar-refractivity contribution in [2.75, 3.05) is 30.4 Å². The van der Waals surface area contributed by atoms with Gasteiger partial charge in [0.2, 0.25) is 5.91 Å². The van der Waals surface area contributed by atoms with Crippen LogP contribution in [0, 0.1) is 5.92 Å². The number of halogens is 1. The van der Waals surface area contributed by atoms with Gasteiger partial charge in [0.15, 0.2) is 11.0 Å². The Labute approximate surface area is 145 Å². The number of rotatable bonds is 4. The third kappa shape index (κ3) is 3.94. The van der Waals surface area contributed by atoms with Gasteiger partial charge in [-0.3, -0.25) is 4.79 Å². The van der Waals surface area contributed by atoms with Gasteiger partial charge in [0.05, 0.1) is 13.0 Å². The van der Waals surface area contributed by atoms with Crippen LogP contribution in [0.3, 0.4) is 0 Å². The fourth-order valence-corrected chi connectivity index (χ4v) is 2.90. The first-order chi connectivity index (χ1) is 11.7. The first kappa shape index (κ1) is 16.5. The second-order valence-electron chi connectivity index (χ2n) is 5.72. The van der Waals surface area contributed by atoms with Gasteiger partial charge in [-0.15, -0.1) is 10.2 Å². The maximum absolute atomic E-state index is 12.5. The highest BCUT2D eigenvalue weighted by Crippen LogP contribution is 2.23. The molecule has 0 radical (unpaired) electrons. The van der Waals surface area contributed by atoms with Crippen molar-refractivity contribution in [2.45, 2.75) is 12.8 Å². The monoisotopic (exact) mass is 346 g/mol. The fraction of sp³-hybridized carbons (Fsp3) is 0.353. The summed E-state index contributed by atoms with van der Waals surface area (Å²) in [6, 6.07) is 10.9. The normalized spacial score (nSPS) is 17.4. The third-order valence-electron chi connectivity index (χ3n) is 4.09. The topological polar surface area (TPSA) is 67.3 Å². The van der Waals surface area contributed by atoms with Gasteiger partial charge < -0.3 is 15.0 Å². The van der Waals surface area contributed by atoms with Crippen LogP contribution in [-0.2, 0) is 4.79 Å². The molecule has 0 saturated carbocycles. The van der Waals surface area contributed by atoms with Crippen molar-refractivity contribution >= 4 is 29.0 Å². The zero-order valence-corrected chi connectivity index (χ0v) is 14.2. The van der Waals surface area contributed by atoms with Gasteiger partial charge >= 0.3 is 0 Å². The number of piperidine rings is 1. The summed E-state index contributed by atoms with van der Waals surface area (Å²) in [6.45, 7) is 1.49. The zero-order valence-electron chi connectivity index (χ0n) is 13.4. The number of amides is 1. The van der Waals surface area contributed by atoms with E-state index in [1.165, 1.54) is 0 Å². The lowest BCUT2D eigenvalue weighted by Crippen LogP contribution is -2.41. The molecule has 0 aliphatic carbocycles. The molecule has 1 aromatic heterocycles. The van der Waals surface area contributed by atoms with Gasteiger partial charge in [-0.05, 0) is 49.2 Å². The van der Waals surface area contributed by atoms with Crippen molar-refractivity contribution in [1.82, 2.24) is 10.2 Å². The highest BCUT2D eigenvalue weighted by molar-refractivity contribution is 6.29. The van der Waals surface area contributed by atoms with Crippen LogP contribution in [0.2, 0.25) is 5.15 Å². The lowest BCUT2D eigenvalue weighted by atomic mass is 9.97. The maximum atomic E-state index is 12.5. The van der Waals surface area contributed by atoms with Crippen LogP contribution in [0.1, 0.15) is 12.8 Å². The Kier molecular flexibility index (Phi) is 5.15. The Morgan fingerprint density at radius 1 is 1.25 bits per heavy atom. The third-order valence-corrected chi connectivity index (χ3v) is 4.29. The van der Waals surface area contributed by atoms with Crippen LogP contribution >= 0.6 is 11.6 Å². The molecule has 6 nitrogen and oxygen atoms in total. The summed E-state index contributed by atoms with van der Waals surface area (Å²) in [7, 11) is 1.61. The van der Waals surface area contributed by atoms with E-state index in [2.05, 4.69) is 20.4 Å². The number of carbonyl (C=O) groups excluding carboxylic acids is 1. The molecular formula is C17H19ClN4O2. The second-order valence-corrected chi connectivity index (χ2v) is 6.10. The van der Waals surface area contributed by atoms with Gasteiger partial charge in [-0.1, -0.05) is 11.6 Å². The summed E-state index contributed by atoms with van der Waals surface area (Å²) >= 11 is 5.78. The Bertz CT molecular complexity index is 691. The highest BCUT2D eigenvalue weighted by atomic mass is 35.5. The minimum absolute atomic E-state index is 0.0202. The Morgan fingerprint density at radius 2 is 2.04 bits per heavy atom. The van der Waals surface area contributed by atoms with Gasteiger partial charge in [0.25, 0.3) is 0 Å². The molecule has 24 heavy (non-hydrogen) atoms. The van der Waals surface area contributed by atoms with Crippen molar-refractivity contribution < 1.29 is 9.53 Å². The fourth-order valence-electron chi connectivity index (χ4n) is 2.80. The predicted molar refractivity (Wildman–Crippen MR) is 93.6 cm³/mol. The first-order valence-electron chi connectivity index (χ1n) is 7.85. The molecular weight excluding hydrogens is 328 g/mol. The molecule has 1 N–H and O–H groups in total. The summed E-state index contributed by atoms with van der Waals surface area (Å²) in [6.07, 6.45) is 1.80. The predicted octanol–water partition coefficient (Wildman–Crippen LogP) is 2.99. The number of nitrogens with one attached hydrogen (secondary N) is 1. The SMILES string of the molecule is COc1ccc(NC(=O)C2CCCN(c3ccc(Cl)nn3)C2)cc1. The lowest BCUT2D eigenvalue weighted by Gasteiger charge is -2.32. The summed E-state index contributed by atoms with van der Waals surface area (Å²) in [5.74, 6) is 1.45. The molecule has 1 atom stereocenters. The molecule has 7 heteroatoms. The van der Waals surface area contributed by atoms with Crippen molar-refractivity contribution in [2.24, 2.45) is 5.92 Å². The number of nitrogens with zero attached hydrogens (tertiary/aromatic N) is 3. The van der Waals surface area contributed by atoms with E-state index in [0.29, 0.717) is 11.7 Å². The molecule has 1 aromatic carbocycles. The molecule has 2 heterocycles. The van der Waals surface area contributed by atoms with Crippen molar-refractivity contribution in [3.05, 3.63) is 41.6 Å². The zero-order chi connectivity index (χ0) is 16.9. The number of aromatic nitrogens is 2. The second kappa shape index (κ2) is 7.49. The largest absolute Gasteiger partial charge is 0.497 e. The standard InChI is InChI=1S/C17H19ClN4O2/c1-24-14-6-4-13(5-7-14)19-17(23)12-3-2-10-22(11-12)16-9-8-15(18)20-21-16/h4-9,12H,2-3,10-11H2,1H3,(H,19,23). The van der Waals surface area contributed by atoms with Crippen LogP contribution in [-0.4, -0.2) is 36.3 Å². The smallest absolute Gasteiger partial charge is 0.229 e. The number of benzene rings is 1. The number of ether oxygens (including phenoxy) is 1. The van der Waals surface area contributed by atoms with Crippen molar-refractivity contribution in [3.63, 3.8) is 0 Å². The van der Waals surface area contributed by atoms with Crippen LogP contribution in [0.25, 0.3) is 0 Å². The Balaban J connectivity index is 1.63. The average Bonchev–Trinajstić information content (AvgIpc) is 2.63. The molecule has 1 unspecified atom stereocenters. The molecule has 1 aliphatic heterocycles. The lowest BCUT2D eigenvalue weighted by molar-refractivity contribution is -0.120. The van der Waals surface area contributed by atoms with Crippen LogP contribution in [0.15, 0.2) is 36.4 Å². The van der Waals surface area contributed by atoms with Crippen LogP contribution < -0.4 is 15.0 Å². The quantitative estimate of drug-likeness (QED) is 0.921. The molecule has 0 spiro atoms. The Morgan fingerprint density at radius 3 is 2.71 bits per heavy atom. The number of carbonyl (C=O) groups is 1. The molecule has 0 bridgehead atoms. The number of methoxy groups -OCH3 is 1. The maximum Gasteiger partial charge on any atom is 0.229 e. The van der Waals surface area contributed by atoms with Crippen molar-refractivity contribution in [1.29, 1.82) is 0 Å². The Hall–Kier alpha value is -2.34. The molecule has 1 amide bonds. The van der Waals surface area contributed by atoms with Gasteiger partial charge in [-0.2, -0.15) is 0 Å². The van der Waals surface area contributed by atoms with Crippen LogP contribution in [0.5, 0.6) is 5.75 Å². The van der Waals surface area contributed by atoms with Crippen LogP contribution in [0.4, 0.5) is 11.5 Å². The molecule has 1 fully saturated rings. The molecule has 2 aromatic rings. The van der Waals surface area contributed by atoms with Crippen molar-refractivity contribution in [3.8, 4) is 5.75 Å². The van der Waals surface area contributed by atoms with E-state index in [9.17, 15) is 4.79 Å². The molecule has 1 aliphatic rings. The summed E-state index contributed by atoms with van der Waals surface area (Å²) < 4.78 is 5.12. The number of anilines is 2. The van der Waals surface area contributed by atoms with E-state index in [0.717, 1.165) is 36.6 Å². The summed E-state index contributed by atoms with van der Waals surface area (Å²) in [4.78, 5) is 14.6. The minimum atomic E-state index is -0.0849. The molecule has 126 valence electrons. The molecule has 3 rings (SSSR count).